The number of halogens is 1. The van der Waals surface area contributed by atoms with Gasteiger partial charge in [-0.3, -0.25) is 19.2 Å². The predicted molar refractivity (Wildman–Crippen MR) is 156 cm³/mol. The Morgan fingerprint density at radius 2 is 1.38 bits per heavy atom. The van der Waals surface area contributed by atoms with E-state index < -0.39 is 11.8 Å². The molecule has 0 saturated heterocycles. The molecular formula is C30H22ClN3O5S. The maximum atomic E-state index is 13.1. The van der Waals surface area contributed by atoms with Gasteiger partial charge in [0.1, 0.15) is 11.5 Å². The van der Waals surface area contributed by atoms with Gasteiger partial charge in [-0.25, -0.2) is 4.90 Å². The maximum absolute atomic E-state index is 13.1. The number of imide groups is 1. The first-order valence-corrected chi connectivity index (χ1v) is 13.5. The van der Waals surface area contributed by atoms with Crippen LogP contribution in [0, 0.1) is 0 Å². The summed E-state index contributed by atoms with van der Waals surface area (Å²) in [5.74, 6) is -0.137. The van der Waals surface area contributed by atoms with Crippen LogP contribution in [0.4, 0.5) is 17.1 Å². The molecule has 0 unspecified atom stereocenters. The van der Waals surface area contributed by atoms with Crippen LogP contribution in [0.3, 0.4) is 0 Å². The molecule has 0 aliphatic carbocycles. The van der Waals surface area contributed by atoms with Gasteiger partial charge in [0, 0.05) is 28.2 Å². The first-order valence-electron chi connectivity index (χ1n) is 12.1. The molecule has 0 fully saturated rings. The lowest BCUT2D eigenvalue weighted by molar-refractivity contribution is -0.114. The van der Waals surface area contributed by atoms with Crippen LogP contribution in [0.2, 0.25) is 5.02 Å². The highest BCUT2D eigenvalue weighted by Crippen LogP contribution is 2.33. The van der Waals surface area contributed by atoms with Crippen LogP contribution in [0.5, 0.6) is 11.5 Å². The number of thioether (sulfide) groups is 1. The van der Waals surface area contributed by atoms with Crippen molar-refractivity contribution < 1.29 is 23.9 Å². The topological polar surface area (TPSA) is 105 Å². The molecule has 1 aliphatic rings. The van der Waals surface area contributed by atoms with E-state index in [-0.39, 0.29) is 28.7 Å². The summed E-state index contributed by atoms with van der Waals surface area (Å²) in [6.45, 7) is 1.40. The minimum absolute atomic E-state index is 0.148. The van der Waals surface area contributed by atoms with E-state index in [0.29, 0.717) is 33.6 Å². The van der Waals surface area contributed by atoms with Crippen LogP contribution >= 0.6 is 23.4 Å². The number of hydrogen-bond acceptors (Lipinski definition) is 6. The Morgan fingerprint density at radius 1 is 0.775 bits per heavy atom. The van der Waals surface area contributed by atoms with Crippen molar-refractivity contribution in [2.75, 3.05) is 21.3 Å². The summed E-state index contributed by atoms with van der Waals surface area (Å²) in [4.78, 5) is 51.7. The lowest BCUT2D eigenvalue weighted by atomic mass is 10.1. The molecule has 0 bridgehead atoms. The number of benzene rings is 4. The molecular weight excluding hydrogens is 550 g/mol. The Bertz CT molecular complexity index is 1610. The van der Waals surface area contributed by atoms with Gasteiger partial charge in [-0.1, -0.05) is 11.6 Å². The lowest BCUT2D eigenvalue weighted by Gasteiger charge is -2.14. The highest BCUT2D eigenvalue weighted by atomic mass is 35.5. The second-order valence-electron chi connectivity index (χ2n) is 8.80. The maximum Gasteiger partial charge on any atom is 0.266 e. The molecule has 4 aromatic carbocycles. The highest BCUT2D eigenvalue weighted by Gasteiger charge is 2.37. The van der Waals surface area contributed by atoms with E-state index in [0.717, 1.165) is 9.80 Å². The summed E-state index contributed by atoms with van der Waals surface area (Å²) in [7, 11) is 0. The fourth-order valence-electron chi connectivity index (χ4n) is 4.03. The van der Waals surface area contributed by atoms with Crippen molar-refractivity contribution in [1.29, 1.82) is 0 Å². The zero-order chi connectivity index (χ0) is 28.2. The van der Waals surface area contributed by atoms with Crippen molar-refractivity contribution >= 4 is 64.1 Å². The van der Waals surface area contributed by atoms with Crippen molar-refractivity contribution in [2.45, 2.75) is 11.8 Å². The Kier molecular flexibility index (Phi) is 7.86. The van der Waals surface area contributed by atoms with Gasteiger partial charge in [-0.15, -0.1) is 11.8 Å². The molecule has 2 N–H and O–H groups in total. The summed E-state index contributed by atoms with van der Waals surface area (Å²) in [5, 5.41) is 6.14. The standard InChI is InChI=1S/C30H22ClN3O5S/c1-18(35)32-20-4-8-22(9-5-20)34-29(37)26-15-12-24(16-27(26)30(34)38)39-23-10-6-21(7-11-23)33-28(36)17-40-25-13-2-19(31)3-14-25/h2-16H,17H2,1H3,(H,32,35)(H,33,36). The molecule has 0 aromatic heterocycles. The molecule has 0 atom stereocenters. The van der Waals surface area contributed by atoms with Gasteiger partial charge >= 0.3 is 0 Å². The minimum Gasteiger partial charge on any atom is -0.457 e. The van der Waals surface area contributed by atoms with Gasteiger partial charge in [0.25, 0.3) is 11.8 Å². The number of carbonyl (C=O) groups excluding carboxylic acids is 4. The summed E-state index contributed by atoms with van der Waals surface area (Å²) in [6.07, 6.45) is 0. The van der Waals surface area contributed by atoms with Crippen LogP contribution in [-0.2, 0) is 9.59 Å². The molecule has 8 nitrogen and oxygen atoms in total. The first-order chi connectivity index (χ1) is 19.3. The van der Waals surface area contributed by atoms with Crippen molar-refractivity contribution in [3.05, 3.63) is 107 Å². The average Bonchev–Trinajstić information content (AvgIpc) is 3.18. The Labute approximate surface area is 239 Å². The number of ether oxygens (including phenoxy) is 1. The third-order valence-electron chi connectivity index (χ3n) is 5.86. The zero-order valence-electron chi connectivity index (χ0n) is 21.1. The van der Waals surface area contributed by atoms with E-state index in [9.17, 15) is 19.2 Å². The zero-order valence-corrected chi connectivity index (χ0v) is 22.7. The van der Waals surface area contributed by atoms with Gasteiger partial charge < -0.3 is 15.4 Å². The first kappa shape index (κ1) is 27.0. The van der Waals surface area contributed by atoms with E-state index in [1.807, 2.05) is 12.1 Å². The number of hydrogen-bond donors (Lipinski definition) is 2. The van der Waals surface area contributed by atoms with Crippen LogP contribution in [0.1, 0.15) is 27.6 Å². The summed E-state index contributed by atoms with van der Waals surface area (Å²) >= 11 is 7.30. The monoisotopic (exact) mass is 571 g/mol. The average molecular weight is 572 g/mol. The van der Waals surface area contributed by atoms with E-state index in [1.54, 1.807) is 72.8 Å². The largest absolute Gasteiger partial charge is 0.457 e. The van der Waals surface area contributed by atoms with Crippen molar-refractivity contribution in [3.63, 3.8) is 0 Å². The van der Waals surface area contributed by atoms with E-state index in [1.165, 1.54) is 24.8 Å². The predicted octanol–water partition coefficient (Wildman–Crippen LogP) is 6.62. The van der Waals surface area contributed by atoms with Crippen LogP contribution in [0.25, 0.3) is 0 Å². The molecule has 4 amide bonds. The molecule has 4 aromatic rings. The SMILES string of the molecule is CC(=O)Nc1ccc(N2C(=O)c3ccc(Oc4ccc(NC(=O)CSc5ccc(Cl)cc5)cc4)cc3C2=O)cc1. The van der Waals surface area contributed by atoms with Gasteiger partial charge in [0.2, 0.25) is 11.8 Å². The van der Waals surface area contributed by atoms with Crippen molar-refractivity contribution in [1.82, 2.24) is 0 Å². The second-order valence-corrected chi connectivity index (χ2v) is 10.3. The van der Waals surface area contributed by atoms with Crippen molar-refractivity contribution in [2.24, 2.45) is 0 Å². The molecule has 0 spiro atoms. The van der Waals surface area contributed by atoms with Crippen LogP contribution in [0.15, 0.2) is 95.9 Å². The van der Waals surface area contributed by atoms with Crippen molar-refractivity contribution in [3.8, 4) is 11.5 Å². The normalized spacial score (nSPS) is 12.2. The number of amides is 4. The second kappa shape index (κ2) is 11.6. The fourth-order valence-corrected chi connectivity index (χ4v) is 4.86. The van der Waals surface area contributed by atoms with Gasteiger partial charge in [0.15, 0.2) is 0 Å². The summed E-state index contributed by atoms with van der Waals surface area (Å²) in [5.41, 5.74) is 2.08. The molecule has 5 rings (SSSR count). The Balaban J connectivity index is 1.21. The highest BCUT2D eigenvalue weighted by molar-refractivity contribution is 8.00. The molecule has 10 heteroatoms. The summed E-state index contributed by atoms with van der Waals surface area (Å²) < 4.78 is 5.91. The van der Waals surface area contributed by atoms with Gasteiger partial charge in [-0.2, -0.15) is 0 Å². The van der Waals surface area contributed by atoms with Gasteiger partial charge in [-0.05, 0) is 91.0 Å². The fraction of sp³-hybridized carbons (Fsp3) is 0.0667. The molecule has 0 radical (unpaired) electrons. The number of rotatable bonds is 8. The molecule has 1 heterocycles. The quantitative estimate of drug-likeness (QED) is 0.182. The number of carbonyl (C=O) groups is 4. The van der Waals surface area contributed by atoms with Crippen LogP contribution in [-0.4, -0.2) is 29.4 Å². The number of anilines is 3. The minimum atomic E-state index is -0.466. The smallest absolute Gasteiger partial charge is 0.266 e. The molecule has 1 aliphatic heterocycles. The van der Waals surface area contributed by atoms with Gasteiger partial charge in [0.05, 0.1) is 22.6 Å². The Morgan fingerprint density at radius 3 is 2.05 bits per heavy atom. The number of nitrogens with one attached hydrogen (secondary N) is 2. The van der Waals surface area contributed by atoms with E-state index in [4.69, 9.17) is 16.3 Å². The van der Waals surface area contributed by atoms with E-state index >= 15 is 0 Å². The van der Waals surface area contributed by atoms with E-state index in [2.05, 4.69) is 10.6 Å². The third-order valence-corrected chi connectivity index (χ3v) is 7.13. The molecule has 200 valence electrons. The summed E-state index contributed by atoms with van der Waals surface area (Å²) in [6, 6.07) is 25.3. The number of fused-ring (bicyclic) bond motifs is 1. The lowest BCUT2D eigenvalue weighted by Crippen LogP contribution is -2.29. The molecule has 0 saturated carbocycles. The molecule has 40 heavy (non-hydrogen) atoms. The number of nitrogens with zero attached hydrogens (tertiary/aromatic N) is 1. The third kappa shape index (κ3) is 6.17. The van der Waals surface area contributed by atoms with Crippen LogP contribution < -0.4 is 20.3 Å². The Hall–Kier alpha value is -4.60.